The topological polar surface area (TPSA) is 62.3 Å². The van der Waals surface area contributed by atoms with E-state index in [9.17, 15) is 14.0 Å². The molecule has 5 nitrogen and oxygen atoms in total. The fraction of sp³-hybridized carbons (Fsp3) is 0.235. The summed E-state index contributed by atoms with van der Waals surface area (Å²) in [7, 11) is 0. The van der Waals surface area contributed by atoms with Crippen molar-refractivity contribution in [1.29, 1.82) is 0 Å². The van der Waals surface area contributed by atoms with Gasteiger partial charge in [0.2, 0.25) is 5.91 Å². The van der Waals surface area contributed by atoms with Gasteiger partial charge in [-0.2, -0.15) is 0 Å². The number of hydrogen-bond acceptors (Lipinski definition) is 3. The van der Waals surface area contributed by atoms with Crippen molar-refractivity contribution in [3.05, 3.63) is 63.1 Å². The first kappa shape index (κ1) is 17.6. The normalized spacial score (nSPS) is 17.4. The van der Waals surface area contributed by atoms with Crippen molar-refractivity contribution in [3.63, 3.8) is 0 Å². The van der Waals surface area contributed by atoms with Gasteiger partial charge < -0.3 is 10.2 Å². The smallest absolute Gasteiger partial charge is 0.255 e. The molecule has 0 aliphatic carbocycles. The lowest BCUT2D eigenvalue weighted by molar-refractivity contribution is -0.128. The molecule has 0 spiro atoms. The zero-order valence-corrected chi connectivity index (χ0v) is 14.7. The number of hydrogen-bond donors (Lipinski definition) is 1. The van der Waals surface area contributed by atoms with Gasteiger partial charge in [0, 0.05) is 18.7 Å². The van der Waals surface area contributed by atoms with Crippen LogP contribution in [0.25, 0.3) is 0 Å². The fourth-order valence-corrected chi connectivity index (χ4v) is 3.36. The minimum Gasteiger partial charge on any atom is -0.352 e. The number of pyridine rings is 1. The maximum atomic E-state index is 13.4. The summed E-state index contributed by atoms with van der Waals surface area (Å²) in [6, 6.07) is 6.07. The van der Waals surface area contributed by atoms with Crippen LogP contribution in [0.4, 0.5) is 4.39 Å². The van der Waals surface area contributed by atoms with Crippen molar-refractivity contribution in [2.45, 2.75) is 13.0 Å². The van der Waals surface area contributed by atoms with Crippen LogP contribution in [0.15, 0.2) is 30.3 Å². The summed E-state index contributed by atoms with van der Waals surface area (Å²) in [5.74, 6) is -1.11. The Labute approximate surface area is 153 Å². The number of aryl methyl sites for hydroxylation is 1. The summed E-state index contributed by atoms with van der Waals surface area (Å²) >= 11 is 11.7. The molecule has 1 atom stereocenters. The summed E-state index contributed by atoms with van der Waals surface area (Å²) in [5.41, 5.74) is 1.40. The van der Waals surface area contributed by atoms with Gasteiger partial charge >= 0.3 is 0 Å². The minimum atomic E-state index is -0.854. The van der Waals surface area contributed by atoms with Crippen LogP contribution in [-0.4, -0.2) is 34.8 Å². The number of amides is 2. The highest BCUT2D eigenvalue weighted by atomic mass is 35.5. The molecule has 2 amide bonds. The average molecular weight is 382 g/mol. The van der Waals surface area contributed by atoms with E-state index in [0.717, 1.165) is 0 Å². The minimum absolute atomic E-state index is 0.0897. The molecule has 1 unspecified atom stereocenters. The summed E-state index contributed by atoms with van der Waals surface area (Å²) in [4.78, 5) is 30.6. The molecule has 25 heavy (non-hydrogen) atoms. The molecule has 8 heteroatoms. The van der Waals surface area contributed by atoms with Gasteiger partial charge in [-0.05, 0) is 42.3 Å². The lowest BCUT2D eigenvalue weighted by Gasteiger charge is -2.36. The molecule has 2 heterocycles. The van der Waals surface area contributed by atoms with Crippen molar-refractivity contribution in [3.8, 4) is 0 Å². The Balaban J connectivity index is 2.02. The molecule has 3 rings (SSSR count). The van der Waals surface area contributed by atoms with Crippen LogP contribution in [0.5, 0.6) is 0 Å². The zero-order valence-electron chi connectivity index (χ0n) is 13.2. The molecule has 0 bridgehead atoms. The van der Waals surface area contributed by atoms with E-state index in [1.807, 2.05) is 0 Å². The van der Waals surface area contributed by atoms with Crippen molar-refractivity contribution < 1.29 is 14.0 Å². The zero-order chi connectivity index (χ0) is 18.1. The Hall–Kier alpha value is -2.18. The molecule has 0 radical (unpaired) electrons. The number of nitrogens with one attached hydrogen (secondary N) is 1. The van der Waals surface area contributed by atoms with E-state index in [0.29, 0.717) is 24.2 Å². The Morgan fingerprint density at radius 3 is 2.60 bits per heavy atom. The second-order valence-electron chi connectivity index (χ2n) is 5.69. The highest BCUT2D eigenvalue weighted by molar-refractivity contribution is 6.33. The first-order chi connectivity index (χ1) is 11.9. The molecule has 1 N–H and O–H groups in total. The molecule has 1 aromatic heterocycles. The number of nitrogens with zero attached hydrogens (tertiary/aromatic N) is 2. The van der Waals surface area contributed by atoms with Gasteiger partial charge in [-0.25, -0.2) is 9.37 Å². The Morgan fingerprint density at radius 1 is 1.28 bits per heavy atom. The van der Waals surface area contributed by atoms with Crippen LogP contribution in [0, 0.1) is 12.7 Å². The van der Waals surface area contributed by atoms with Crippen molar-refractivity contribution in [1.82, 2.24) is 15.2 Å². The molecular weight excluding hydrogens is 368 g/mol. The highest BCUT2D eigenvalue weighted by Gasteiger charge is 2.35. The van der Waals surface area contributed by atoms with Gasteiger partial charge in [-0.3, -0.25) is 9.59 Å². The molecule has 1 aliphatic rings. The molecule has 1 saturated heterocycles. The largest absolute Gasteiger partial charge is 0.352 e. The van der Waals surface area contributed by atoms with Gasteiger partial charge in [-0.1, -0.05) is 29.3 Å². The predicted molar refractivity (Wildman–Crippen MR) is 92.2 cm³/mol. The lowest BCUT2D eigenvalue weighted by Crippen LogP contribution is -2.52. The SMILES string of the molecule is Cc1cc(F)ccc1C1C(=O)NCCN1C(=O)c1cc(Cl)nc(Cl)c1. The number of carbonyl (C=O) groups excluding carboxylic acids is 2. The van der Waals surface area contributed by atoms with Crippen molar-refractivity contribution in [2.24, 2.45) is 0 Å². The number of benzene rings is 1. The van der Waals surface area contributed by atoms with Gasteiger partial charge in [0.05, 0.1) is 0 Å². The molecule has 2 aromatic rings. The van der Waals surface area contributed by atoms with E-state index < -0.39 is 17.8 Å². The third-order valence-electron chi connectivity index (χ3n) is 4.01. The van der Waals surface area contributed by atoms with Crippen LogP contribution in [-0.2, 0) is 4.79 Å². The second kappa shape index (κ2) is 6.98. The van der Waals surface area contributed by atoms with Crippen LogP contribution >= 0.6 is 23.2 Å². The lowest BCUT2D eigenvalue weighted by atomic mass is 9.97. The molecular formula is C17H14Cl2FN3O2. The van der Waals surface area contributed by atoms with Gasteiger partial charge in [0.15, 0.2) is 0 Å². The van der Waals surface area contributed by atoms with E-state index in [2.05, 4.69) is 10.3 Å². The Bertz CT molecular complexity index is 840. The molecule has 1 aromatic carbocycles. The van der Waals surface area contributed by atoms with Crippen LogP contribution in [0.1, 0.15) is 27.5 Å². The number of aromatic nitrogens is 1. The Kier molecular flexibility index (Phi) is 4.92. The van der Waals surface area contributed by atoms with Crippen LogP contribution in [0.3, 0.4) is 0 Å². The van der Waals surface area contributed by atoms with E-state index in [4.69, 9.17) is 23.2 Å². The summed E-state index contributed by atoms with van der Waals surface area (Å²) in [5, 5.41) is 2.92. The predicted octanol–water partition coefficient (Wildman–Crippen LogP) is 3.15. The second-order valence-corrected chi connectivity index (χ2v) is 6.47. The number of piperazine rings is 1. The number of carbonyl (C=O) groups is 2. The standard InChI is InChI=1S/C17H14Cl2FN3O2/c1-9-6-11(20)2-3-12(9)15-16(24)21-4-5-23(15)17(25)10-7-13(18)22-14(19)8-10/h2-3,6-8,15H,4-5H2,1H3,(H,21,24). The van der Waals surface area contributed by atoms with E-state index in [1.54, 1.807) is 6.92 Å². The maximum Gasteiger partial charge on any atom is 0.255 e. The van der Waals surface area contributed by atoms with Gasteiger partial charge in [0.25, 0.3) is 5.91 Å². The summed E-state index contributed by atoms with van der Waals surface area (Å²) < 4.78 is 13.4. The third kappa shape index (κ3) is 3.60. The first-order valence-corrected chi connectivity index (χ1v) is 8.30. The average Bonchev–Trinajstić information content (AvgIpc) is 2.54. The molecule has 130 valence electrons. The summed E-state index contributed by atoms with van der Waals surface area (Å²) in [6.45, 7) is 2.33. The maximum absolute atomic E-state index is 13.4. The van der Waals surface area contributed by atoms with Crippen molar-refractivity contribution >= 4 is 35.0 Å². The summed E-state index contributed by atoms with van der Waals surface area (Å²) in [6.07, 6.45) is 0. The molecule has 1 aliphatic heterocycles. The highest BCUT2D eigenvalue weighted by Crippen LogP contribution is 2.29. The van der Waals surface area contributed by atoms with E-state index in [-0.39, 0.29) is 21.8 Å². The Morgan fingerprint density at radius 2 is 1.96 bits per heavy atom. The van der Waals surface area contributed by atoms with E-state index >= 15 is 0 Å². The monoisotopic (exact) mass is 381 g/mol. The van der Waals surface area contributed by atoms with Crippen LogP contribution < -0.4 is 5.32 Å². The van der Waals surface area contributed by atoms with Crippen LogP contribution in [0.2, 0.25) is 10.3 Å². The fourth-order valence-electron chi connectivity index (χ4n) is 2.89. The first-order valence-electron chi connectivity index (χ1n) is 7.54. The van der Waals surface area contributed by atoms with Crippen molar-refractivity contribution in [2.75, 3.05) is 13.1 Å². The molecule has 1 fully saturated rings. The molecule has 0 saturated carbocycles. The number of halogens is 3. The third-order valence-corrected chi connectivity index (χ3v) is 4.40. The number of rotatable bonds is 2. The van der Waals surface area contributed by atoms with Gasteiger partial charge in [-0.15, -0.1) is 0 Å². The quantitative estimate of drug-likeness (QED) is 0.812. The van der Waals surface area contributed by atoms with Gasteiger partial charge in [0.1, 0.15) is 22.2 Å². The van der Waals surface area contributed by atoms with E-state index in [1.165, 1.54) is 35.2 Å².